The van der Waals surface area contributed by atoms with Gasteiger partial charge in [-0.1, -0.05) is 37.6 Å². The summed E-state index contributed by atoms with van der Waals surface area (Å²) in [6.45, 7) is 4.04. The number of halogens is 1. The Labute approximate surface area is 234 Å². The normalized spacial score (nSPS) is 21.2. The maximum atomic E-state index is 13.3. The average molecular weight is 587 g/mol. The smallest absolute Gasteiger partial charge is 0.408 e. The molecule has 1 saturated heterocycles. The number of aliphatic hydroxyl groups is 1. The second kappa shape index (κ2) is 13.3. The van der Waals surface area contributed by atoms with E-state index in [-0.39, 0.29) is 24.7 Å². The highest BCUT2D eigenvalue weighted by Crippen LogP contribution is 2.37. The quantitative estimate of drug-likeness (QED) is 0.270. The molecule has 13 heteroatoms. The van der Waals surface area contributed by atoms with Crippen LogP contribution in [0.3, 0.4) is 0 Å². The fraction of sp³-hybridized carbons (Fsp3) is 0.654. The molecule has 0 bridgehead atoms. The molecule has 4 N–H and O–H groups in total. The van der Waals surface area contributed by atoms with Crippen LogP contribution in [0.25, 0.3) is 0 Å². The standard InChI is InChI=1S/C26H38ClN3O8S/c1-16(2)12-20(23(32)29-21(24(33)39(35,36)37)14-18-8-11-28-22(18)31)30-25(34)38-26(9-3-4-10-26)15-17-6-5-7-19(27)13-17/h5-7,13,16,18,20-21,24,33H,3-4,8-12,14-15H2,1-2H3,(H,28,31)(H,29,32)(H,30,34)(H,35,36,37)/p-1/t18-,20-,21-,24?/m0/s1. The lowest BCUT2D eigenvalue weighted by Gasteiger charge is -2.32. The molecule has 2 fully saturated rings. The number of benzene rings is 1. The zero-order valence-electron chi connectivity index (χ0n) is 22.2. The number of hydrogen-bond acceptors (Lipinski definition) is 8. The summed E-state index contributed by atoms with van der Waals surface area (Å²) in [7, 11) is -5.20. The molecule has 0 spiro atoms. The van der Waals surface area contributed by atoms with Crippen LogP contribution in [0.15, 0.2) is 24.3 Å². The first-order chi connectivity index (χ1) is 18.3. The first kappa shape index (κ1) is 31.1. The van der Waals surface area contributed by atoms with Crippen LogP contribution in [-0.2, 0) is 30.9 Å². The van der Waals surface area contributed by atoms with Crippen molar-refractivity contribution in [3.05, 3.63) is 34.9 Å². The van der Waals surface area contributed by atoms with Crippen LogP contribution in [0.4, 0.5) is 4.79 Å². The van der Waals surface area contributed by atoms with Gasteiger partial charge in [0.2, 0.25) is 11.8 Å². The largest absolute Gasteiger partial charge is 0.746 e. The summed E-state index contributed by atoms with van der Waals surface area (Å²) in [6, 6.07) is 4.64. The van der Waals surface area contributed by atoms with Gasteiger partial charge in [-0.15, -0.1) is 0 Å². The second-order valence-corrected chi connectivity index (χ2v) is 12.8. The summed E-state index contributed by atoms with van der Waals surface area (Å²) >= 11 is 6.13. The number of nitrogens with one attached hydrogen (secondary N) is 3. The van der Waals surface area contributed by atoms with E-state index in [1.54, 1.807) is 6.07 Å². The van der Waals surface area contributed by atoms with Crippen LogP contribution in [0.5, 0.6) is 0 Å². The van der Waals surface area contributed by atoms with Crippen LogP contribution in [0.2, 0.25) is 5.02 Å². The Morgan fingerprint density at radius 1 is 1.26 bits per heavy atom. The molecule has 218 valence electrons. The molecular formula is C26H37ClN3O8S-. The topological polar surface area (TPSA) is 174 Å². The van der Waals surface area contributed by atoms with Crippen molar-refractivity contribution >= 4 is 39.6 Å². The first-order valence-corrected chi connectivity index (χ1v) is 15.1. The molecule has 1 aromatic rings. The third-order valence-electron chi connectivity index (χ3n) is 7.22. The zero-order chi connectivity index (χ0) is 28.8. The molecule has 1 saturated carbocycles. The van der Waals surface area contributed by atoms with Crippen molar-refractivity contribution in [2.24, 2.45) is 11.8 Å². The third kappa shape index (κ3) is 9.06. The predicted octanol–water partition coefficient (Wildman–Crippen LogP) is 2.21. The van der Waals surface area contributed by atoms with Crippen molar-refractivity contribution in [2.45, 2.75) is 88.3 Å². The third-order valence-corrected chi connectivity index (χ3v) is 8.38. The maximum absolute atomic E-state index is 13.3. The predicted molar refractivity (Wildman–Crippen MR) is 143 cm³/mol. The number of carbonyl (C=O) groups is 3. The molecule has 1 heterocycles. The van der Waals surface area contributed by atoms with E-state index in [4.69, 9.17) is 16.3 Å². The molecule has 1 unspecified atom stereocenters. The lowest BCUT2D eigenvalue weighted by molar-refractivity contribution is -0.126. The van der Waals surface area contributed by atoms with Gasteiger partial charge in [-0.25, -0.2) is 13.2 Å². The van der Waals surface area contributed by atoms with E-state index in [2.05, 4.69) is 16.0 Å². The van der Waals surface area contributed by atoms with E-state index in [0.29, 0.717) is 37.3 Å². The highest BCUT2D eigenvalue weighted by atomic mass is 35.5. The minimum Gasteiger partial charge on any atom is -0.746 e. The van der Waals surface area contributed by atoms with E-state index in [1.807, 2.05) is 32.0 Å². The second-order valence-electron chi connectivity index (χ2n) is 10.9. The van der Waals surface area contributed by atoms with Crippen molar-refractivity contribution in [1.82, 2.24) is 16.0 Å². The number of rotatable bonds is 12. The molecule has 2 aliphatic rings. The molecule has 4 atom stereocenters. The Hall–Kier alpha value is -2.41. The number of amides is 3. The van der Waals surface area contributed by atoms with Gasteiger partial charge in [0.15, 0.2) is 5.44 Å². The Morgan fingerprint density at radius 2 is 1.95 bits per heavy atom. The Bertz CT molecular complexity index is 1140. The summed E-state index contributed by atoms with van der Waals surface area (Å²) in [5.41, 5.74) is -2.31. The van der Waals surface area contributed by atoms with Gasteiger partial charge in [-0.3, -0.25) is 9.59 Å². The summed E-state index contributed by atoms with van der Waals surface area (Å²) in [6.07, 6.45) is 3.00. The minimum absolute atomic E-state index is 0.0554. The van der Waals surface area contributed by atoms with Gasteiger partial charge in [-0.05, 0) is 68.6 Å². The molecule has 1 aliphatic carbocycles. The molecule has 39 heavy (non-hydrogen) atoms. The van der Waals surface area contributed by atoms with Crippen molar-refractivity contribution in [3.63, 3.8) is 0 Å². The van der Waals surface area contributed by atoms with Crippen molar-refractivity contribution in [2.75, 3.05) is 6.54 Å². The molecule has 1 aliphatic heterocycles. The van der Waals surface area contributed by atoms with Crippen LogP contribution in [0, 0.1) is 11.8 Å². The fourth-order valence-electron chi connectivity index (χ4n) is 5.33. The number of alkyl carbamates (subject to hydrolysis) is 1. The van der Waals surface area contributed by atoms with Gasteiger partial charge in [0.05, 0.1) is 6.04 Å². The summed E-state index contributed by atoms with van der Waals surface area (Å²) in [5, 5.41) is 18.4. The van der Waals surface area contributed by atoms with Gasteiger partial charge in [-0.2, -0.15) is 0 Å². The van der Waals surface area contributed by atoms with Crippen molar-refractivity contribution in [1.29, 1.82) is 0 Å². The van der Waals surface area contributed by atoms with Gasteiger partial charge in [0.1, 0.15) is 21.8 Å². The SMILES string of the molecule is CC(C)C[C@H](NC(=O)OC1(Cc2cccc(Cl)c2)CCCC1)C(=O)N[C@@H](C[C@@H]1CCNC1=O)C(O)S(=O)(=O)[O-]. The Kier molecular flexibility index (Phi) is 10.6. The summed E-state index contributed by atoms with van der Waals surface area (Å²) in [5.74, 6) is -1.88. The number of carbonyl (C=O) groups excluding carboxylic acids is 3. The van der Waals surface area contributed by atoms with E-state index >= 15 is 0 Å². The van der Waals surface area contributed by atoms with E-state index in [0.717, 1.165) is 18.4 Å². The molecule has 3 rings (SSSR count). The van der Waals surface area contributed by atoms with Crippen LogP contribution >= 0.6 is 11.6 Å². The molecule has 0 aromatic heterocycles. The summed E-state index contributed by atoms with van der Waals surface area (Å²) < 4.78 is 40.6. The number of ether oxygens (including phenoxy) is 1. The maximum Gasteiger partial charge on any atom is 0.408 e. The lowest BCUT2D eigenvalue weighted by Crippen LogP contribution is -2.55. The van der Waals surface area contributed by atoms with Gasteiger partial charge in [0, 0.05) is 23.9 Å². The van der Waals surface area contributed by atoms with E-state index < -0.39 is 51.2 Å². The lowest BCUT2D eigenvalue weighted by atomic mass is 9.92. The van der Waals surface area contributed by atoms with Gasteiger partial charge in [0.25, 0.3) is 0 Å². The molecule has 0 radical (unpaired) electrons. The van der Waals surface area contributed by atoms with Gasteiger partial charge >= 0.3 is 6.09 Å². The minimum atomic E-state index is -5.20. The monoisotopic (exact) mass is 586 g/mol. The highest BCUT2D eigenvalue weighted by molar-refractivity contribution is 7.86. The average Bonchev–Trinajstić information content (AvgIpc) is 3.45. The summed E-state index contributed by atoms with van der Waals surface area (Å²) in [4.78, 5) is 38.3. The zero-order valence-corrected chi connectivity index (χ0v) is 23.7. The van der Waals surface area contributed by atoms with Crippen LogP contribution < -0.4 is 16.0 Å². The van der Waals surface area contributed by atoms with Crippen molar-refractivity contribution < 1.29 is 37.2 Å². The number of hydrogen-bond donors (Lipinski definition) is 4. The van der Waals surface area contributed by atoms with Crippen molar-refractivity contribution in [3.8, 4) is 0 Å². The van der Waals surface area contributed by atoms with E-state index in [9.17, 15) is 32.5 Å². The highest BCUT2D eigenvalue weighted by Gasteiger charge is 2.40. The number of aliphatic hydroxyl groups excluding tert-OH is 1. The first-order valence-electron chi connectivity index (χ1n) is 13.2. The molecule has 1 aromatic carbocycles. The molecule has 3 amide bonds. The van der Waals surface area contributed by atoms with Crippen LogP contribution in [-0.4, -0.2) is 65.7 Å². The molecule has 11 nitrogen and oxygen atoms in total. The Balaban J connectivity index is 1.73. The van der Waals surface area contributed by atoms with Gasteiger partial charge < -0.3 is 30.3 Å². The Morgan fingerprint density at radius 3 is 2.51 bits per heavy atom. The van der Waals surface area contributed by atoms with Crippen LogP contribution in [0.1, 0.15) is 64.4 Å². The van der Waals surface area contributed by atoms with E-state index in [1.165, 1.54) is 0 Å². The fourth-order valence-corrected chi connectivity index (χ4v) is 6.13. The molecular weight excluding hydrogens is 550 g/mol.